The van der Waals surface area contributed by atoms with Crippen molar-refractivity contribution in [2.45, 2.75) is 6.54 Å². The summed E-state index contributed by atoms with van der Waals surface area (Å²) in [5.74, 6) is 1.13. The Kier molecular flexibility index (Phi) is 2.83. The number of ether oxygens (including phenoxy) is 1. The molecule has 0 amide bonds. The Morgan fingerprint density at radius 1 is 1.11 bits per heavy atom. The van der Waals surface area contributed by atoms with Gasteiger partial charge in [0.05, 0.1) is 24.7 Å². The number of nitrogens with one attached hydrogen (secondary N) is 1. The molecule has 0 aliphatic heterocycles. The van der Waals surface area contributed by atoms with Gasteiger partial charge in [-0.2, -0.15) is 0 Å². The predicted molar refractivity (Wildman–Crippen MR) is 74.6 cm³/mol. The van der Waals surface area contributed by atoms with Crippen LogP contribution in [0, 0.1) is 0 Å². The molecule has 1 heterocycles. The summed E-state index contributed by atoms with van der Waals surface area (Å²) in [6.45, 7) is 0.642. The highest BCUT2D eigenvalue weighted by atomic mass is 16.5. The van der Waals surface area contributed by atoms with Crippen LogP contribution in [0.3, 0.4) is 0 Å². The quantitative estimate of drug-likeness (QED) is 0.719. The molecule has 1 N–H and O–H groups in total. The second-order valence-corrected chi connectivity index (χ2v) is 4.36. The highest BCUT2D eigenvalue weighted by Gasteiger charge is 2.08. The molecule has 0 aliphatic carbocycles. The number of fused-ring (bicyclic) bond motifs is 1. The number of aromatic nitrogens is 2. The van der Waals surface area contributed by atoms with Crippen LogP contribution >= 0.6 is 0 Å². The number of imidazole rings is 1. The molecular formula is C15H14N3O. The molecule has 3 rings (SSSR count). The second-order valence-electron chi connectivity index (χ2n) is 4.36. The fourth-order valence-electron chi connectivity index (χ4n) is 2.15. The number of benzene rings is 2. The van der Waals surface area contributed by atoms with Gasteiger partial charge in [0, 0.05) is 0 Å². The molecule has 4 heteroatoms. The third-order valence-corrected chi connectivity index (χ3v) is 3.15. The zero-order chi connectivity index (χ0) is 13.2. The summed E-state index contributed by atoms with van der Waals surface area (Å²) in [5.41, 5.74) is 10.9. The van der Waals surface area contributed by atoms with Gasteiger partial charge in [0.15, 0.2) is 0 Å². The summed E-state index contributed by atoms with van der Waals surface area (Å²) in [4.78, 5) is 4.25. The zero-order valence-electron chi connectivity index (χ0n) is 10.6. The number of nitrogens with zero attached hydrogens (tertiary/aromatic N) is 2. The minimum absolute atomic E-state index is 0.289. The molecule has 0 aliphatic rings. The van der Waals surface area contributed by atoms with Crippen LogP contribution in [0.4, 0.5) is 5.95 Å². The van der Waals surface area contributed by atoms with Crippen molar-refractivity contribution in [1.29, 1.82) is 0 Å². The van der Waals surface area contributed by atoms with Crippen LogP contribution in [-0.2, 0) is 6.54 Å². The van der Waals surface area contributed by atoms with Crippen molar-refractivity contribution in [3.05, 3.63) is 54.1 Å². The van der Waals surface area contributed by atoms with Crippen molar-refractivity contribution in [1.82, 2.24) is 15.3 Å². The molecule has 1 aromatic heterocycles. The van der Waals surface area contributed by atoms with Crippen LogP contribution in [0.2, 0.25) is 0 Å². The molecule has 4 nitrogen and oxygen atoms in total. The molecule has 95 valence electrons. The van der Waals surface area contributed by atoms with E-state index in [1.165, 1.54) is 0 Å². The Balaban J connectivity index is 1.98. The van der Waals surface area contributed by atoms with Crippen molar-refractivity contribution in [2.75, 3.05) is 7.11 Å². The Morgan fingerprint density at radius 3 is 2.58 bits per heavy atom. The molecule has 0 saturated carbocycles. The lowest BCUT2D eigenvalue weighted by atomic mass is 10.2. The molecule has 0 atom stereocenters. The summed E-state index contributed by atoms with van der Waals surface area (Å²) in [7, 11) is 1.65. The van der Waals surface area contributed by atoms with E-state index in [0.717, 1.165) is 22.3 Å². The number of rotatable bonds is 3. The van der Waals surface area contributed by atoms with E-state index >= 15 is 0 Å². The molecule has 0 saturated heterocycles. The van der Waals surface area contributed by atoms with E-state index in [1.54, 1.807) is 7.11 Å². The molecular weight excluding hydrogens is 238 g/mol. The maximum atomic E-state index is 7.95. The van der Waals surface area contributed by atoms with E-state index < -0.39 is 0 Å². The lowest BCUT2D eigenvalue weighted by Gasteiger charge is -2.07. The van der Waals surface area contributed by atoms with Crippen LogP contribution in [0.15, 0.2) is 48.5 Å². The average molecular weight is 252 g/mol. The highest BCUT2D eigenvalue weighted by molar-refractivity contribution is 5.77. The summed E-state index contributed by atoms with van der Waals surface area (Å²) in [6.07, 6.45) is 0. The van der Waals surface area contributed by atoms with E-state index in [1.807, 2.05) is 53.1 Å². The normalized spacial score (nSPS) is 10.8. The molecule has 0 fully saturated rings. The van der Waals surface area contributed by atoms with E-state index in [2.05, 4.69) is 4.98 Å². The lowest BCUT2D eigenvalue weighted by Crippen LogP contribution is -2.00. The van der Waals surface area contributed by atoms with Gasteiger partial charge in [-0.3, -0.25) is 5.73 Å². The van der Waals surface area contributed by atoms with Gasteiger partial charge in [-0.15, -0.1) is 0 Å². The van der Waals surface area contributed by atoms with Crippen molar-refractivity contribution in [3.63, 3.8) is 0 Å². The van der Waals surface area contributed by atoms with Crippen LogP contribution < -0.4 is 10.5 Å². The molecule has 0 spiro atoms. The van der Waals surface area contributed by atoms with Crippen LogP contribution in [-0.4, -0.2) is 16.7 Å². The van der Waals surface area contributed by atoms with Gasteiger partial charge in [0.25, 0.3) is 0 Å². The zero-order valence-corrected chi connectivity index (χ0v) is 10.6. The Labute approximate surface area is 111 Å². The average Bonchev–Trinajstić information content (AvgIpc) is 2.76. The Bertz CT molecular complexity index is 701. The molecule has 1 radical (unpaired) electrons. The number of para-hydroxylation sites is 2. The highest BCUT2D eigenvalue weighted by Crippen LogP contribution is 2.20. The number of hydrogen-bond donors (Lipinski definition) is 0. The van der Waals surface area contributed by atoms with E-state index in [4.69, 9.17) is 10.5 Å². The third kappa shape index (κ3) is 2.12. The first kappa shape index (κ1) is 11.6. The Morgan fingerprint density at radius 2 is 1.84 bits per heavy atom. The van der Waals surface area contributed by atoms with Gasteiger partial charge in [-0.25, -0.2) is 4.98 Å². The molecule has 3 aromatic rings. The molecule has 0 bridgehead atoms. The standard InChI is InChI=1S/C15H14N3O/c1-19-12-8-6-11(7-9-12)10-18-14-5-3-2-4-13(14)17-15(18)16/h2-9,16H,10H2,1H3. The van der Waals surface area contributed by atoms with Gasteiger partial charge >= 0.3 is 0 Å². The van der Waals surface area contributed by atoms with Crippen LogP contribution in [0.5, 0.6) is 5.75 Å². The lowest BCUT2D eigenvalue weighted by molar-refractivity contribution is 0.414. The molecule has 2 aromatic carbocycles. The van der Waals surface area contributed by atoms with Gasteiger partial charge < -0.3 is 9.30 Å². The topological polar surface area (TPSA) is 50.9 Å². The summed E-state index contributed by atoms with van der Waals surface area (Å²) in [6, 6.07) is 15.7. The summed E-state index contributed by atoms with van der Waals surface area (Å²) in [5, 5.41) is 0. The minimum Gasteiger partial charge on any atom is -0.497 e. The van der Waals surface area contributed by atoms with Crippen molar-refractivity contribution in [2.24, 2.45) is 0 Å². The first-order valence-corrected chi connectivity index (χ1v) is 6.08. The van der Waals surface area contributed by atoms with Gasteiger partial charge in [-0.1, -0.05) is 24.3 Å². The summed E-state index contributed by atoms with van der Waals surface area (Å²) >= 11 is 0. The van der Waals surface area contributed by atoms with Crippen molar-refractivity contribution < 1.29 is 4.74 Å². The first-order valence-electron chi connectivity index (χ1n) is 6.08. The SMILES string of the molecule is COc1ccc(Cn2c([NH])nc3ccccc32)cc1. The molecule has 19 heavy (non-hydrogen) atoms. The van der Waals surface area contributed by atoms with Gasteiger partial charge in [-0.05, 0) is 29.8 Å². The minimum atomic E-state index is 0.289. The number of hydrogen-bond acceptors (Lipinski definition) is 2. The maximum absolute atomic E-state index is 7.95. The van der Waals surface area contributed by atoms with E-state index in [-0.39, 0.29) is 5.95 Å². The number of methoxy groups -OCH3 is 1. The summed E-state index contributed by atoms with van der Waals surface area (Å²) < 4.78 is 7.04. The van der Waals surface area contributed by atoms with Crippen LogP contribution in [0.1, 0.15) is 5.56 Å². The smallest absolute Gasteiger partial charge is 0.223 e. The predicted octanol–water partition coefficient (Wildman–Crippen LogP) is 3.01. The Hall–Kier alpha value is -2.49. The van der Waals surface area contributed by atoms with E-state index in [0.29, 0.717) is 6.54 Å². The fourth-order valence-corrected chi connectivity index (χ4v) is 2.15. The van der Waals surface area contributed by atoms with Crippen molar-refractivity contribution in [3.8, 4) is 5.75 Å². The van der Waals surface area contributed by atoms with Crippen LogP contribution in [0.25, 0.3) is 11.0 Å². The maximum Gasteiger partial charge on any atom is 0.223 e. The van der Waals surface area contributed by atoms with Gasteiger partial charge in [0.1, 0.15) is 5.75 Å². The first-order chi connectivity index (χ1) is 9.28. The van der Waals surface area contributed by atoms with Gasteiger partial charge in [0.2, 0.25) is 5.95 Å². The van der Waals surface area contributed by atoms with Crippen molar-refractivity contribution >= 4 is 17.0 Å². The second kappa shape index (κ2) is 4.65. The third-order valence-electron chi connectivity index (χ3n) is 3.15. The fraction of sp³-hybridized carbons (Fsp3) is 0.133. The monoisotopic (exact) mass is 252 g/mol. The van der Waals surface area contributed by atoms with E-state index in [9.17, 15) is 0 Å². The molecule has 0 unspecified atom stereocenters. The largest absolute Gasteiger partial charge is 0.497 e.